The molecule has 2 aromatic rings. The summed E-state index contributed by atoms with van der Waals surface area (Å²) in [6.45, 7) is 2.13. The van der Waals surface area contributed by atoms with Crippen LogP contribution in [-0.4, -0.2) is 4.57 Å². The van der Waals surface area contributed by atoms with Gasteiger partial charge in [0.2, 0.25) is 0 Å². The van der Waals surface area contributed by atoms with E-state index in [-0.39, 0.29) is 0 Å². The van der Waals surface area contributed by atoms with E-state index in [0.717, 1.165) is 0 Å². The first kappa shape index (κ1) is 9.71. The number of aryl methyl sites for hydroxylation is 2. The lowest BCUT2D eigenvalue weighted by molar-refractivity contribution is 0.663. The quantitative estimate of drug-likeness (QED) is 0.678. The van der Waals surface area contributed by atoms with Crippen molar-refractivity contribution in [1.29, 1.82) is 0 Å². The number of fused-ring (bicyclic) bond motifs is 1. The molecule has 3 rings (SSSR count). The maximum Gasteiger partial charge on any atom is 0.0452 e. The molecule has 1 aromatic heterocycles. The van der Waals surface area contributed by atoms with Crippen LogP contribution in [0.25, 0.3) is 5.69 Å². The second-order valence-corrected chi connectivity index (χ2v) is 4.70. The highest BCUT2D eigenvalue weighted by molar-refractivity contribution is 5.40. The van der Waals surface area contributed by atoms with Crippen LogP contribution in [0.3, 0.4) is 0 Å². The lowest BCUT2D eigenvalue weighted by Gasteiger charge is -2.15. The van der Waals surface area contributed by atoms with Crippen molar-refractivity contribution in [3.63, 3.8) is 0 Å². The van der Waals surface area contributed by atoms with E-state index in [9.17, 15) is 0 Å². The summed E-state index contributed by atoms with van der Waals surface area (Å²) < 4.78 is 2.36. The highest BCUT2D eigenvalue weighted by atomic mass is 15.0. The van der Waals surface area contributed by atoms with Crippen molar-refractivity contribution in [3.05, 3.63) is 53.3 Å². The van der Waals surface area contributed by atoms with Gasteiger partial charge in [-0.25, -0.2) is 0 Å². The van der Waals surface area contributed by atoms with Crippen molar-refractivity contribution in [2.75, 3.05) is 0 Å². The van der Waals surface area contributed by atoms with Gasteiger partial charge in [0.15, 0.2) is 0 Å². The van der Waals surface area contributed by atoms with E-state index >= 15 is 0 Å². The largest absolute Gasteiger partial charge is 0.321 e. The van der Waals surface area contributed by atoms with Crippen LogP contribution in [0, 0.1) is 6.92 Å². The van der Waals surface area contributed by atoms with Crippen molar-refractivity contribution >= 4 is 0 Å². The summed E-state index contributed by atoms with van der Waals surface area (Å²) in [5.74, 6) is 0. The fourth-order valence-corrected chi connectivity index (χ4v) is 2.57. The van der Waals surface area contributed by atoms with E-state index in [1.807, 2.05) is 0 Å². The zero-order chi connectivity index (χ0) is 11.0. The Balaban J connectivity index is 2.06. The number of aromatic nitrogens is 1. The van der Waals surface area contributed by atoms with E-state index in [1.54, 1.807) is 5.56 Å². The highest BCUT2D eigenvalue weighted by Crippen LogP contribution is 2.25. The van der Waals surface area contributed by atoms with Crippen LogP contribution in [0.4, 0.5) is 0 Å². The van der Waals surface area contributed by atoms with Gasteiger partial charge in [0.1, 0.15) is 0 Å². The fraction of sp³-hybridized carbons (Fsp3) is 0.333. The second-order valence-electron chi connectivity index (χ2n) is 4.70. The fourth-order valence-electron chi connectivity index (χ4n) is 2.57. The van der Waals surface area contributed by atoms with Gasteiger partial charge >= 0.3 is 0 Å². The molecular formula is C15H17N. The first-order chi connectivity index (χ1) is 7.84. The Kier molecular flexibility index (Phi) is 2.32. The minimum atomic E-state index is 1.23. The number of nitrogens with zero attached hydrogens (tertiary/aromatic N) is 1. The Morgan fingerprint density at radius 1 is 0.938 bits per heavy atom. The van der Waals surface area contributed by atoms with E-state index < -0.39 is 0 Å². The lowest BCUT2D eigenvalue weighted by atomic mass is 9.98. The number of rotatable bonds is 1. The molecule has 0 aliphatic heterocycles. The molecule has 1 nitrogen and oxygen atoms in total. The van der Waals surface area contributed by atoms with Crippen molar-refractivity contribution in [2.45, 2.75) is 32.6 Å². The number of hydrogen-bond donors (Lipinski definition) is 0. The third-order valence-electron chi connectivity index (χ3n) is 3.51. The summed E-state index contributed by atoms with van der Waals surface area (Å²) in [5, 5.41) is 0. The monoisotopic (exact) mass is 211 g/mol. The van der Waals surface area contributed by atoms with E-state index in [1.165, 1.54) is 42.6 Å². The summed E-state index contributed by atoms with van der Waals surface area (Å²) in [5.41, 5.74) is 5.69. The maximum absolute atomic E-state index is 2.36. The first-order valence-electron chi connectivity index (χ1n) is 6.11. The van der Waals surface area contributed by atoms with Crippen molar-refractivity contribution in [2.24, 2.45) is 0 Å². The minimum absolute atomic E-state index is 1.23. The maximum atomic E-state index is 2.36. The highest BCUT2D eigenvalue weighted by Gasteiger charge is 2.13. The zero-order valence-electron chi connectivity index (χ0n) is 9.74. The van der Waals surface area contributed by atoms with Gasteiger partial charge < -0.3 is 4.57 Å². The topological polar surface area (TPSA) is 4.93 Å². The molecule has 0 saturated carbocycles. The Labute approximate surface area is 96.7 Å². The molecule has 82 valence electrons. The van der Waals surface area contributed by atoms with Gasteiger partial charge in [-0.1, -0.05) is 17.7 Å². The Bertz CT molecular complexity index is 491. The van der Waals surface area contributed by atoms with Crippen LogP contribution in [0.1, 0.15) is 29.7 Å². The average Bonchev–Trinajstić information content (AvgIpc) is 2.74. The SMILES string of the molecule is Cc1ccc(-n2ccc3c2CCCC3)cc1. The van der Waals surface area contributed by atoms with Gasteiger partial charge in [0, 0.05) is 17.6 Å². The molecule has 0 atom stereocenters. The normalized spacial score (nSPS) is 14.8. The summed E-state index contributed by atoms with van der Waals surface area (Å²) in [6.07, 6.45) is 7.40. The predicted octanol–water partition coefficient (Wildman–Crippen LogP) is 3.66. The van der Waals surface area contributed by atoms with E-state index in [0.29, 0.717) is 0 Å². The van der Waals surface area contributed by atoms with Gasteiger partial charge in [-0.2, -0.15) is 0 Å². The smallest absolute Gasteiger partial charge is 0.0452 e. The van der Waals surface area contributed by atoms with Crippen LogP contribution >= 0.6 is 0 Å². The summed E-state index contributed by atoms with van der Waals surface area (Å²) in [6, 6.07) is 11.1. The van der Waals surface area contributed by atoms with Crippen molar-refractivity contribution < 1.29 is 0 Å². The van der Waals surface area contributed by atoms with Gasteiger partial charge in [0.05, 0.1) is 0 Å². The van der Waals surface area contributed by atoms with Crippen LogP contribution in [0.15, 0.2) is 36.5 Å². The van der Waals surface area contributed by atoms with Gasteiger partial charge in [0.25, 0.3) is 0 Å². The summed E-state index contributed by atoms with van der Waals surface area (Å²) in [7, 11) is 0. The van der Waals surface area contributed by atoms with E-state index in [4.69, 9.17) is 0 Å². The molecule has 0 N–H and O–H groups in total. The number of benzene rings is 1. The molecule has 1 aliphatic rings. The Hall–Kier alpha value is -1.50. The molecule has 0 radical (unpaired) electrons. The average molecular weight is 211 g/mol. The molecule has 0 fully saturated rings. The minimum Gasteiger partial charge on any atom is -0.321 e. The standard InChI is InChI=1S/C15H17N/c1-12-6-8-14(9-7-12)16-11-10-13-4-2-3-5-15(13)16/h6-11H,2-5H2,1H3. The van der Waals surface area contributed by atoms with Crippen LogP contribution < -0.4 is 0 Å². The molecule has 1 heteroatoms. The third kappa shape index (κ3) is 1.57. The van der Waals surface area contributed by atoms with Crippen molar-refractivity contribution in [1.82, 2.24) is 4.57 Å². The molecule has 0 saturated heterocycles. The lowest BCUT2D eigenvalue weighted by Crippen LogP contribution is -2.06. The zero-order valence-corrected chi connectivity index (χ0v) is 9.74. The molecule has 0 spiro atoms. The molecule has 1 aliphatic carbocycles. The Morgan fingerprint density at radius 2 is 1.69 bits per heavy atom. The van der Waals surface area contributed by atoms with Gasteiger partial charge in [-0.15, -0.1) is 0 Å². The molecule has 0 amide bonds. The third-order valence-corrected chi connectivity index (χ3v) is 3.51. The van der Waals surface area contributed by atoms with Crippen molar-refractivity contribution in [3.8, 4) is 5.69 Å². The van der Waals surface area contributed by atoms with Crippen LogP contribution in [0.2, 0.25) is 0 Å². The number of hydrogen-bond acceptors (Lipinski definition) is 0. The molecule has 1 aromatic carbocycles. The van der Waals surface area contributed by atoms with Gasteiger partial charge in [-0.3, -0.25) is 0 Å². The molecule has 0 bridgehead atoms. The Morgan fingerprint density at radius 3 is 2.50 bits per heavy atom. The predicted molar refractivity (Wildman–Crippen MR) is 67.1 cm³/mol. The first-order valence-corrected chi connectivity index (χ1v) is 6.11. The molecule has 1 heterocycles. The molecular weight excluding hydrogens is 194 g/mol. The summed E-state index contributed by atoms with van der Waals surface area (Å²) in [4.78, 5) is 0. The summed E-state index contributed by atoms with van der Waals surface area (Å²) >= 11 is 0. The molecule has 16 heavy (non-hydrogen) atoms. The van der Waals surface area contributed by atoms with Crippen LogP contribution in [-0.2, 0) is 12.8 Å². The molecule has 0 unspecified atom stereocenters. The van der Waals surface area contributed by atoms with E-state index in [2.05, 4.69) is 48.0 Å². The van der Waals surface area contributed by atoms with Gasteiger partial charge in [-0.05, 0) is 56.4 Å². The van der Waals surface area contributed by atoms with Crippen LogP contribution in [0.5, 0.6) is 0 Å². The second kappa shape index (κ2) is 3.82.